The number of nitrogens with one attached hydrogen (secondary N) is 2. The van der Waals surface area contributed by atoms with Crippen molar-refractivity contribution in [2.75, 3.05) is 39.4 Å². The van der Waals surface area contributed by atoms with E-state index in [4.69, 9.17) is 4.74 Å². The van der Waals surface area contributed by atoms with E-state index >= 15 is 0 Å². The molecule has 1 aliphatic carbocycles. The number of guanidine groups is 1. The van der Waals surface area contributed by atoms with Crippen molar-refractivity contribution in [3.8, 4) is 0 Å². The highest BCUT2D eigenvalue weighted by atomic mass is 19.1. The van der Waals surface area contributed by atoms with E-state index in [-0.39, 0.29) is 5.82 Å². The largest absolute Gasteiger partial charge is 0.389 e. The summed E-state index contributed by atoms with van der Waals surface area (Å²) in [4.78, 5) is 6.93. The van der Waals surface area contributed by atoms with Crippen LogP contribution in [0, 0.1) is 11.7 Å². The molecule has 1 unspecified atom stereocenters. The van der Waals surface area contributed by atoms with Crippen LogP contribution >= 0.6 is 0 Å². The zero-order valence-corrected chi connectivity index (χ0v) is 17.4. The van der Waals surface area contributed by atoms with Crippen molar-refractivity contribution in [2.45, 2.75) is 51.3 Å². The molecular formula is C22H35FN4O2. The van der Waals surface area contributed by atoms with Gasteiger partial charge in [-0.3, -0.25) is 9.89 Å². The normalized spacial score (nSPS) is 19.9. The van der Waals surface area contributed by atoms with Crippen molar-refractivity contribution >= 4 is 5.96 Å². The van der Waals surface area contributed by atoms with E-state index in [1.54, 1.807) is 0 Å². The van der Waals surface area contributed by atoms with Crippen LogP contribution in [0.1, 0.15) is 38.2 Å². The van der Waals surface area contributed by atoms with Gasteiger partial charge in [-0.25, -0.2) is 4.39 Å². The molecule has 1 heterocycles. The van der Waals surface area contributed by atoms with Crippen LogP contribution in [-0.2, 0) is 11.3 Å². The molecule has 29 heavy (non-hydrogen) atoms. The van der Waals surface area contributed by atoms with Crippen LogP contribution in [0.15, 0.2) is 29.3 Å². The number of hydrogen-bond donors (Lipinski definition) is 3. The summed E-state index contributed by atoms with van der Waals surface area (Å²) in [5.41, 5.74) is 1.14. The molecule has 2 fully saturated rings. The van der Waals surface area contributed by atoms with Crippen LogP contribution in [0.2, 0.25) is 0 Å². The minimum atomic E-state index is -0.568. The first-order chi connectivity index (χ1) is 14.1. The minimum absolute atomic E-state index is 0.188. The number of aliphatic imine (C=N–C) groups is 1. The van der Waals surface area contributed by atoms with Gasteiger partial charge in [0.1, 0.15) is 5.82 Å². The number of halogens is 1. The molecule has 1 aromatic rings. The summed E-state index contributed by atoms with van der Waals surface area (Å²) in [6, 6.07) is 7.12. The minimum Gasteiger partial charge on any atom is -0.389 e. The Hall–Kier alpha value is -1.70. The molecule has 6 nitrogen and oxygen atoms in total. The zero-order chi connectivity index (χ0) is 20.5. The summed E-state index contributed by atoms with van der Waals surface area (Å²) in [6.07, 6.45) is 4.00. The van der Waals surface area contributed by atoms with E-state index in [2.05, 4.69) is 20.5 Å². The summed E-state index contributed by atoms with van der Waals surface area (Å²) in [5, 5.41) is 16.8. The molecule has 3 N–H and O–H groups in total. The van der Waals surface area contributed by atoms with E-state index in [0.29, 0.717) is 25.1 Å². The Kier molecular flexibility index (Phi) is 8.70. The van der Waals surface area contributed by atoms with Crippen molar-refractivity contribution < 1.29 is 14.2 Å². The Morgan fingerprint density at radius 1 is 1.24 bits per heavy atom. The van der Waals surface area contributed by atoms with Gasteiger partial charge in [-0.15, -0.1) is 0 Å². The van der Waals surface area contributed by atoms with Crippen molar-refractivity contribution in [1.29, 1.82) is 0 Å². The number of aliphatic hydroxyl groups is 1. The number of benzene rings is 1. The van der Waals surface area contributed by atoms with Gasteiger partial charge in [0.25, 0.3) is 0 Å². The summed E-state index contributed by atoms with van der Waals surface area (Å²) in [6.45, 7) is 7.10. The molecule has 3 rings (SSSR count). The monoisotopic (exact) mass is 406 g/mol. The van der Waals surface area contributed by atoms with Crippen molar-refractivity contribution in [3.05, 3.63) is 35.6 Å². The predicted octanol–water partition coefficient (Wildman–Crippen LogP) is 2.13. The molecule has 0 amide bonds. The lowest BCUT2D eigenvalue weighted by molar-refractivity contribution is 0.0368. The van der Waals surface area contributed by atoms with E-state index in [1.807, 2.05) is 19.1 Å². The Morgan fingerprint density at radius 3 is 2.62 bits per heavy atom. The Morgan fingerprint density at radius 2 is 1.97 bits per heavy atom. The standard InChI is InChI=1S/C22H35FN4O2/c1-2-24-22(25-13-21(28)16-29-15-18-3-4-18)26-20-9-11-27(12-10-20)14-17-5-7-19(23)8-6-17/h5-8,18,20-21,28H,2-4,9-16H2,1H3,(H2,24,25,26). The average molecular weight is 407 g/mol. The molecule has 0 radical (unpaired) electrons. The van der Waals surface area contributed by atoms with Crippen LogP contribution < -0.4 is 10.6 Å². The molecule has 2 aliphatic rings. The third-order valence-electron chi connectivity index (χ3n) is 5.41. The smallest absolute Gasteiger partial charge is 0.191 e. The fraction of sp³-hybridized carbons (Fsp3) is 0.682. The predicted molar refractivity (Wildman–Crippen MR) is 113 cm³/mol. The molecule has 0 aromatic heterocycles. The first kappa shape index (κ1) is 22.0. The van der Waals surface area contributed by atoms with Gasteiger partial charge in [0.15, 0.2) is 5.96 Å². The molecule has 1 aromatic carbocycles. The maximum absolute atomic E-state index is 13.0. The highest BCUT2D eigenvalue weighted by Crippen LogP contribution is 2.28. The molecule has 1 aliphatic heterocycles. The van der Waals surface area contributed by atoms with Crippen molar-refractivity contribution in [3.63, 3.8) is 0 Å². The van der Waals surface area contributed by atoms with Gasteiger partial charge in [-0.1, -0.05) is 12.1 Å². The molecule has 0 spiro atoms. The molecule has 1 saturated heterocycles. The summed E-state index contributed by atoms with van der Waals surface area (Å²) in [5.74, 6) is 1.27. The van der Waals surface area contributed by atoms with E-state index in [0.717, 1.165) is 57.2 Å². The summed E-state index contributed by atoms with van der Waals surface area (Å²) < 4.78 is 18.6. The quantitative estimate of drug-likeness (QED) is 0.410. The first-order valence-electron chi connectivity index (χ1n) is 10.9. The number of ether oxygens (including phenoxy) is 1. The molecule has 162 valence electrons. The van der Waals surface area contributed by atoms with Crippen LogP contribution in [0.3, 0.4) is 0 Å². The van der Waals surface area contributed by atoms with E-state index in [9.17, 15) is 9.50 Å². The van der Waals surface area contributed by atoms with Crippen LogP contribution in [0.5, 0.6) is 0 Å². The molecule has 7 heteroatoms. The van der Waals surface area contributed by atoms with Gasteiger partial charge in [0.05, 0.1) is 19.3 Å². The fourth-order valence-electron chi connectivity index (χ4n) is 3.50. The molecule has 1 saturated carbocycles. The van der Waals surface area contributed by atoms with Crippen LogP contribution in [-0.4, -0.2) is 67.5 Å². The number of likely N-dealkylation sites (tertiary alicyclic amines) is 1. The number of nitrogens with zero attached hydrogens (tertiary/aromatic N) is 2. The topological polar surface area (TPSA) is 69.1 Å². The number of hydrogen-bond acceptors (Lipinski definition) is 4. The second-order valence-corrected chi connectivity index (χ2v) is 8.18. The SMILES string of the molecule is CCNC(=NCC(O)COCC1CC1)NC1CCN(Cc2ccc(F)cc2)CC1. The zero-order valence-electron chi connectivity index (χ0n) is 17.4. The Labute approximate surface area is 173 Å². The fourth-order valence-corrected chi connectivity index (χ4v) is 3.50. The number of aliphatic hydroxyl groups excluding tert-OH is 1. The third-order valence-corrected chi connectivity index (χ3v) is 5.41. The Balaban J connectivity index is 1.37. The van der Waals surface area contributed by atoms with Gasteiger partial charge >= 0.3 is 0 Å². The second-order valence-electron chi connectivity index (χ2n) is 8.18. The van der Waals surface area contributed by atoms with Crippen molar-refractivity contribution in [1.82, 2.24) is 15.5 Å². The molecule has 1 atom stereocenters. The molecule has 0 bridgehead atoms. The van der Waals surface area contributed by atoms with Gasteiger partial charge in [-0.2, -0.15) is 0 Å². The van der Waals surface area contributed by atoms with Gasteiger partial charge in [0.2, 0.25) is 0 Å². The maximum atomic E-state index is 13.0. The van der Waals surface area contributed by atoms with Crippen molar-refractivity contribution in [2.24, 2.45) is 10.9 Å². The third kappa shape index (κ3) is 8.28. The Bertz CT molecular complexity index is 628. The highest BCUT2D eigenvalue weighted by molar-refractivity contribution is 5.80. The molecular weight excluding hydrogens is 371 g/mol. The van der Waals surface area contributed by atoms with Gasteiger partial charge < -0.3 is 20.5 Å². The van der Waals surface area contributed by atoms with Crippen LogP contribution in [0.4, 0.5) is 4.39 Å². The average Bonchev–Trinajstić information content (AvgIpc) is 3.54. The number of rotatable bonds is 10. The summed E-state index contributed by atoms with van der Waals surface area (Å²) >= 11 is 0. The lowest BCUT2D eigenvalue weighted by Gasteiger charge is -2.33. The van der Waals surface area contributed by atoms with Gasteiger partial charge in [0, 0.05) is 38.8 Å². The second kappa shape index (κ2) is 11.5. The lowest BCUT2D eigenvalue weighted by Crippen LogP contribution is -2.48. The lowest BCUT2D eigenvalue weighted by atomic mass is 10.0. The number of piperidine rings is 1. The highest BCUT2D eigenvalue weighted by Gasteiger charge is 2.22. The van der Waals surface area contributed by atoms with E-state index < -0.39 is 6.10 Å². The van der Waals surface area contributed by atoms with E-state index in [1.165, 1.54) is 25.0 Å². The first-order valence-corrected chi connectivity index (χ1v) is 10.9. The maximum Gasteiger partial charge on any atom is 0.191 e. The summed E-state index contributed by atoms with van der Waals surface area (Å²) in [7, 11) is 0. The van der Waals surface area contributed by atoms with Crippen LogP contribution in [0.25, 0.3) is 0 Å². The van der Waals surface area contributed by atoms with Gasteiger partial charge in [-0.05, 0) is 56.2 Å².